The van der Waals surface area contributed by atoms with Crippen molar-refractivity contribution in [3.8, 4) is 0 Å². The number of ether oxygens (including phenoxy) is 1. The fourth-order valence-electron chi connectivity index (χ4n) is 5.66. The summed E-state index contributed by atoms with van der Waals surface area (Å²) in [5, 5.41) is 0. The topological polar surface area (TPSA) is 9.23 Å². The Morgan fingerprint density at radius 2 is 1.35 bits per heavy atom. The Bertz CT molecular complexity index is 434. The summed E-state index contributed by atoms with van der Waals surface area (Å²) in [5.74, 6) is 3.09. The van der Waals surface area contributed by atoms with Crippen LogP contribution in [-0.4, -0.2) is 13.2 Å². The summed E-state index contributed by atoms with van der Waals surface area (Å²) in [6.07, 6.45) is 17.5. The standard InChI is InChI=1S/C16H18O/c1-2-6-16-8-7-15(16,5-1)13-3-4-14(16)12-10-17-9-11(12)13/h1-4,7-8,11-14H,5-6,9-10H2/t11-,12-,13+,14+,15-,16+/m0/s1. The maximum absolute atomic E-state index is 5.81. The van der Waals surface area contributed by atoms with Gasteiger partial charge in [-0.15, -0.1) is 0 Å². The van der Waals surface area contributed by atoms with Gasteiger partial charge >= 0.3 is 0 Å². The van der Waals surface area contributed by atoms with Crippen molar-refractivity contribution in [3.05, 3.63) is 36.5 Å². The molecule has 17 heavy (non-hydrogen) atoms. The summed E-state index contributed by atoms with van der Waals surface area (Å²) < 4.78 is 5.81. The van der Waals surface area contributed by atoms with E-state index >= 15 is 0 Å². The van der Waals surface area contributed by atoms with Gasteiger partial charge in [-0.3, -0.25) is 0 Å². The molecule has 0 radical (unpaired) electrons. The van der Waals surface area contributed by atoms with Crippen molar-refractivity contribution in [2.24, 2.45) is 34.5 Å². The highest BCUT2D eigenvalue weighted by molar-refractivity contribution is 5.43. The van der Waals surface area contributed by atoms with E-state index in [9.17, 15) is 0 Å². The number of hydrogen-bond donors (Lipinski definition) is 0. The third-order valence-electron chi connectivity index (χ3n) is 6.43. The van der Waals surface area contributed by atoms with E-state index in [1.165, 1.54) is 12.8 Å². The predicted molar refractivity (Wildman–Crippen MR) is 66.3 cm³/mol. The van der Waals surface area contributed by atoms with Gasteiger partial charge in [-0.1, -0.05) is 36.5 Å². The molecule has 1 heteroatoms. The molecule has 0 unspecified atom stereocenters. The van der Waals surface area contributed by atoms with Crippen molar-refractivity contribution in [2.45, 2.75) is 12.8 Å². The van der Waals surface area contributed by atoms with E-state index in [-0.39, 0.29) is 0 Å². The molecule has 6 atom stereocenters. The van der Waals surface area contributed by atoms with Crippen LogP contribution in [0.2, 0.25) is 0 Å². The minimum atomic E-state index is 0.468. The van der Waals surface area contributed by atoms with Crippen LogP contribution in [0.25, 0.3) is 0 Å². The highest BCUT2D eigenvalue weighted by Gasteiger charge is 2.69. The zero-order chi connectivity index (χ0) is 11.1. The average molecular weight is 226 g/mol. The quantitative estimate of drug-likeness (QED) is 0.577. The molecule has 2 bridgehead atoms. The smallest absolute Gasteiger partial charge is 0.0504 e. The van der Waals surface area contributed by atoms with Crippen LogP contribution in [0.5, 0.6) is 0 Å². The first kappa shape index (κ1) is 9.16. The monoisotopic (exact) mass is 226 g/mol. The molecule has 0 aromatic carbocycles. The first-order valence-electron chi connectivity index (χ1n) is 6.99. The van der Waals surface area contributed by atoms with E-state index in [0.717, 1.165) is 36.9 Å². The molecule has 1 heterocycles. The van der Waals surface area contributed by atoms with Crippen molar-refractivity contribution in [2.75, 3.05) is 13.2 Å². The van der Waals surface area contributed by atoms with Crippen LogP contribution in [0, 0.1) is 34.5 Å². The van der Waals surface area contributed by atoms with Gasteiger partial charge < -0.3 is 4.74 Å². The zero-order valence-corrected chi connectivity index (χ0v) is 10.0. The summed E-state index contributed by atoms with van der Waals surface area (Å²) in [5.41, 5.74) is 0.937. The van der Waals surface area contributed by atoms with Crippen molar-refractivity contribution in [1.29, 1.82) is 0 Å². The molecule has 5 aliphatic carbocycles. The first-order chi connectivity index (χ1) is 8.37. The summed E-state index contributed by atoms with van der Waals surface area (Å²) in [6.45, 7) is 2.01. The molecule has 1 saturated carbocycles. The van der Waals surface area contributed by atoms with E-state index in [1.807, 2.05) is 0 Å². The van der Waals surface area contributed by atoms with Crippen molar-refractivity contribution >= 4 is 0 Å². The lowest BCUT2D eigenvalue weighted by atomic mass is 9.33. The van der Waals surface area contributed by atoms with E-state index in [1.54, 1.807) is 0 Å². The Kier molecular flexibility index (Phi) is 1.41. The predicted octanol–water partition coefficient (Wildman–Crippen LogP) is 2.96. The third kappa shape index (κ3) is 0.753. The Balaban J connectivity index is 1.75. The molecule has 0 amide bonds. The second-order valence-corrected chi connectivity index (χ2v) is 6.60. The highest BCUT2D eigenvalue weighted by atomic mass is 16.5. The number of allylic oxidation sites excluding steroid dienone is 6. The van der Waals surface area contributed by atoms with Gasteiger partial charge in [-0.25, -0.2) is 0 Å². The molecule has 6 rings (SSSR count). The molecule has 1 saturated heterocycles. The lowest BCUT2D eigenvalue weighted by Crippen LogP contribution is -2.64. The van der Waals surface area contributed by atoms with Gasteiger partial charge in [0.15, 0.2) is 0 Å². The van der Waals surface area contributed by atoms with Gasteiger partial charge in [0.1, 0.15) is 0 Å². The fraction of sp³-hybridized carbons (Fsp3) is 0.625. The summed E-state index contributed by atoms with van der Waals surface area (Å²) in [4.78, 5) is 0. The van der Waals surface area contributed by atoms with Crippen LogP contribution in [0.4, 0.5) is 0 Å². The Hall–Kier alpha value is -0.820. The van der Waals surface area contributed by atoms with Crippen LogP contribution in [0.15, 0.2) is 36.5 Å². The molecule has 0 spiro atoms. The van der Waals surface area contributed by atoms with Gasteiger partial charge in [-0.05, 0) is 36.5 Å². The minimum Gasteiger partial charge on any atom is -0.381 e. The lowest BCUT2D eigenvalue weighted by molar-refractivity contribution is -0.0976. The zero-order valence-electron chi connectivity index (χ0n) is 10.0. The van der Waals surface area contributed by atoms with E-state index < -0.39 is 0 Å². The van der Waals surface area contributed by atoms with Gasteiger partial charge in [0.05, 0.1) is 13.2 Å². The van der Waals surface area contributed by atoms with E-state index in [2.05, 4.69) is 36.5 Å². The van der Waals surface area contributed by atoms with Gasteiger partial charge in [0.25, 0.3) is 0 Å². The second-order valence-electron chi connectivity index (χ2n) is 6.60. The van der Waals surface area contributed by atoms with E-state index in [4.69, 9.17) is 4.74 Å². The molecule has 1 nitrogen and oxygen atoms in total. The van der Waals surface area contributed by atoms with Crippen LogP contribution in [0.3, 0.4) is 0 Å². The largest absolute Gasteiger partial charge is 0.381 e. The fourth-order valence-corrected chi connectivity index (χ4v) is 5.66. The molecule has 1 aliphatic heterocycles. The Labute approximate surface area is 102 Å². The maximum Gasteiger partial charge on any atom is 0.0504 e. The molecular formula is C16H18O. The molecular weight excluding hydrogens is 208 g/mol. The molecule has 0 N–H and O–H groups in total. The summed E-state index contributed by atoms with van der Waals surface area (Å²) >= 11 is 0. The molecule has 88 valence electrons. The van der Waals surface area contributed by atoms with Gasteiger partial charge in [0, 0.05) is 10.8 Å². The number of hydrogen-bond acceptors (Lipinski definition) is 1. The maximum atomic E-state index is 5.81. The van der Waals surface area contributed by atoms with Crippen molar-refractivity contribution in [1.82, 2.24) is 0 Å². The summed E-state index contributed by atoms with van der Waals surface area (Å²) in [7, 11) is 0. The average Bonchev–Trinajstić information content (AvgIpc) is 2.81. The third-order valence-corrected chi connectivity index (χ3v) is 6.43. The number of rotatable bonds is 0. The van der Waals surface area contributed by atoms with Crippen LogP contribution in [-0.2, 0) is 4.74 Å². The van der Waals surface area contributed by atoms with Gasteiger partial charge in [0.2, 0.25) is 0 Å². The molecule has 0 aromatic heterocycles. The summed E-state index contributed by atoms with van der Waals surface area (Å²) in [6, 6.07) is 0. The van der Waals surface area contributed by atoms with Crippen molar-refractivity contribution < 1.29 is 4.74 Å². The lowest BCUT2D eigenvalue weighted by Gasteiger charge is -2.69. The van der Waals surface area contributed by atoms with Crippen LogP contribution < -0.4 is 0 Å². The SMILES string of the molecule is C1=CC[C@@]23C=C[C@]2(C1)[C@@H]1C=C[C@@H]3[C@H]2COC[C@@H]21. The van der Waals surface area contributed by atoms with Crippen LogP contribution in [0.1, 0.15) is 12.8 Å². The molecule has 6 aliphatic rings. The molecule has 2 fully saturated rings. The van der Waals surface area contributed by atoms with Crippen molar-refractivity contribution in [3.63, 3.8) is 0 Å². The highest BCUT2D eigenvalue weighted by Crippen LogP contribution is 2.74. The minimum absolute atomic E-state index is 0.468. The normalized spacial score (nSPS) is 60.7. The Morgan fingerprint density at radius 3 is 1.82 bits per heavy atom. The molecule has 0 aromatic rings. The van der Waals surface area contributed by atoms with E-state index in [0.29, 0.717) is 10.8 Å². The van der Waals surface area contributed by atoms with Gasteiger partial charge in [-0.2, -0.15) is 0 Å². The Morgan fingerprint density at radius 1 is 0.824 bits per heavy atom. The van der Waals surface area contributed by atoms with Crippen LogP contribution >= 0.6 is 0 Å². The first-order valence-corrected chi connectivity index (χ1v) is 6.99. The second kappa shape index (κ2) is 2.61.